The Morgan fingerprint density at radius 2 is 1.71 bits per heavy atom. The van der Waals surface area contributed by atoms with E-state index in [0.29, 0.717) is 5.95 Å². The van der Waals surface area contributed by atoms with E-state index in [-0.39, 0.29) is 18.1 Å². The second-order valence-electron chi connectivity index (χ2n) is 4.43. The molecule has 1 heterocycles. The zero-order chi connectivity index (χ0) is 15.2. The molecule has 0 bridgehead atoms. The summed E-state index contributed by atoms with van der Waals surface area (Å²) in [4.78, 5) is 12.1. The molecule has 0 atom stereocenters. The summed E-state index contributed by atoms with van der Waals surface area (Å²) in [6, 6.07) is 7.62. The Bertz CT molecular complexity index is 565. The Morgan fingerprint density at radius 3 is 2.29 bits per heavy atom. The maximum atomic E-state index is 5.58. The standard InChI is InChI=1S/C13H18N6O2/c1-8(2)21-10-6-4-9(5-7-10)15-11-16-12(19-14)18-13(17-11)20-3/h4-8H,14H2,1-3H3,(H2,15,16,17,18,19). The average molecular weight is 290 g/mol. The van der Waals surface area contributed by atoms with Gasteiger partial charge in [-0.3, -0.25) is 5.43 Å². The van der Waals surface area contributed by atoms with Crippen LogP contribution in [0, 0.1) is 0 Å². The first kappa shape index (κ1) is 14.8. The van der Waals surface area contributed by atoms with Crippen LogP contribution in [-0.2, 0) is 0 Å². The molecule has 0 radical (unpaired) electrons. The second-order valence-corrected chi connectivity index (χ2v) is 4.43. The predicted octanol–water partition coefficient (Wildman–Crippen LogP) is 1.70. The van der Waals surface area contributed by atoms with Crippen molar-refractivity contribution in [3.8, 4) is 11.8 Å². The number of nitrogens with zero attached hydrogens (tertiary/aromatic N) is 3. The largest absolute Gasteiger partial charge is 0.491 e. The molecular weight excluding hydrogens is 272 g/mol. The van der Waals surface area contributed by atoms with E-state index >= 15 is 0 Å². The van der Waals surface area contributed by atoms with Gasteiger partial charge in [0.05, 0.1) is 13.2 Å². The lowest BCUT2D eigenvalue weighted by molar-refractivity contribution is 0.242. The van der Waals surface area contributed by atoms with Crippen LogP contribution in [-0.4, -0.2) is 28.2 Å². The fourth-order valence-electron chi connectivity index (χ4n) is 1.59. The van der Waals surface area contributed by atoms with Gasteiger partial charge in [-0.05, 0) is 38.1 Å². The van der Waals surface area contributed by atoms with Crippen molar-refractivity contribution in [2.24, 2.45) is 5.84 Å². The molecule has 0 saturated carbocycles. The molecule has 2 aromatic rings. The van der Waals surface area contributed by atoms with Crippen molar-refractivity contribution < 1.29 is 9.47 Å². The summed E-state index contributed by atoms with van der Waals surface area (Å²) >= 11 is 0. The summed E-state index contributed by atoms with van der Waals surface area (Å²) in [5.41, 5.74) is 3.16. The van der Waals surface area contributed by atoms with Gasteiger partial charge in [-0.1, -0.05) is 0 Å². The van der Waals surface area contributed by atoms with Gasteiger partial charge < -0.3 is 14.8 Å². The minimum atomic E-state index is 0.134. The molecule has 0 saturated heterocycles. The number of ether oxygens (including phenoxy) is 2. The van der Waals surface area contributed by atoms with Gasteiger partial charge in [0.25, 0.3) is 0 Å². The first-order chi connectivity index (χ1) is 10.1. The first-order valence-electron chi connectivity index (χ1n) is 6.41. The van der Waals surface area contributed by atoms with E-state index in [2.05, 4.69) is 25.7 Å². The van der Waals surface area contributed by atoms with Crippen LogP contribution in [0.5, 0.6) is 11.8 Å². The van der Waals surface area contributed by atoms with Gasteiger partial charge in [-0.15, -0.1) is 0 Å². The normalized spacial score (nSPS) is 10.3. The van der Waals surface area contributed by atoms with E-state index in [0.717, 1.165) is 11.4 Å². The van der Waals surface area contributed by atoms with Crippen LogP contribution in [0.4, 0.5) is 17.6 Å². The van der Waals surface area contributed by atoms with Crippen molar-refractivity contribution >= 4 is 17.6 Å². The number of rotatable bonds is 6. The molecule has 0 spiro atoms. The van der Waals surface area contributed by atoms with Crippen LogP contribution < -0.4 is 26.1 Å². The third kappa shape index (κ3) is 4.18. The number of nitrogens with one attached hydrogen (secondary N) is 2. The Labute approximate surface area is 122 Å². The zero-order valence-electron chi connectivity index (χ0n) is 12.1. The highest BCUT2D eigenvalue weighted by Crippen LogP contribution is 2.20. The van der Waals surface area contributed by atoms with Crippen molar-refractivity contribution in [1.29, 1.82) is 0 Å². The Morgan fingerprint density at radius 1 is 1.05 bits per heavy atom. The van der Waals surface area contributed by atoms with Gasteiger partial charge in [-0.2, -0.15) is 15.0 Å². The molecule has 4 N–H and O–H groups in total. The van der Waals surface area contributed by atoms with Crippen LogP contribution in [0.1, 0.15) is 13.8 Å². The van der Waals surface area contributed by atoms with E-state index in [4.69, 9.17) is 15.3 Å². The van der Waals surface area contributed by atoms with Crippen LogP contribution in [0.2, 0.25) is 0 Å². The van der Waals surface area contributed by atoms with Crippen LogP contribution >= 0.6 is 0 Å². The summed E-state index contributed by atoms with van der Waals surface area (Å²) in [6.07, 6.45) is 0.134. The van der Waals surface area contributed by atoms with Crippen molar-refractivity contribution in [3.63, 3.8) is 0 Å². The number of anilines is 3. The SMILES string of the molecule is COc1nc(NN)nc(Nc2ccc(OC(C)C)cc2)n1. The Hall–Kier alpha value is -2.61. The van der Waals surface area contributed by atoms with Crippen molar-refractivity contribution in [2.45, 2.75) is 20.0 Å². The van der Waals surface area contributed by atoms with Gasteiger partial charge in [0.2, 0.25) is 11.9 Å². The molecule has 0 amide bonds. The quantitative estimate of drug-likeness (QED) is 0.545. The summed E-state index contributed by atoms with van der Waals surface area (Å²) in [5, 5.41) is 3.04. The smallest absolute Gasteiger partial charge is 0.322 e. The van der Waals surface area contributed by atoms with E-state index in [1.54, 1.807) is 0 Å². The number of nitrogens with two attached hydrogens (primary N) is 1. The molecule has 2 rings (SSSR count). The number of benzene rings is 1. The number of hydrogen-bond acceptors (Lipinski definition) is 8. The summed E-state index contributed by atoms with van der Waals surface area (Å²) in [5.74, 6) is 6.64. The Balaban J connectivity index is 2.14. The fourth-order valence-corrected chi connectivity index (χ4v) is 1.59. The molecule has 0 aliphatic carbocycles. The predicted molar refractivity (Wildman–Crippen MR) is 79.7 cm³/mol. The lowest BCUT2D eigenvalue weighted by Gasteiger charge is -2.11. The highest BCUT2D eigenvalue weighted by Gasteiger charge is 2.06. The molecule has 0 unspecified atom stereocenters. The molecular formula is C13H18N6O2. The number of hydrazine groups is 1. The van der Waals surface area contributed by atoms with Crippen LogP contribution in [0.15, 0.2) is 24.3 Å². The highest BCUT2D eigenvalue weighted by molar-refractivity contribution is 5.55. The molecule has 21 heavy (non-hydrogen) atoms. The molecule has 8 nitrogen and oxygen atoms in total. The number of nitrogen functional groups attached to an aromatic ring is 1. The summed E-state index contributed by atoms with van der Waals surface area (Å²) in [7, 11) is 1.47. The highest BCUT2D eigenvalue weighted by atomic mass is 16.5. The third-order valence-corrected chi connectivity index (χ3v) is 2.41. The number of methoxy groups -OCH3 is 1. The molecule has 0 aliphatic rings. The molecule has 1 aromatic carbocycles. The van der Waals surface area contributed by atoms with E-state index in [1.165, 1.54) is 7.11 Å². The number of aromatic nitrogens is 3. The molecule has 0 aliphatic heterocycles. The van der Waals surface area contributed by atoms with Gasteiger partial charge in [-0.25, -0.2) is 5.84 Å². The molecule has 1 aromatic heterocycles. The maximum Gasteiger partial charge on any atom is 0.322 e. The van der Waals surface area contributed by atoms with Gasteiger partial charge in [0, 0.05) is 5.69 Å². The monoisotopic (exact) mass is 290 g/mol. The maximum absolute atomic E-state index is 5.58. The lowest BCUT2D eigenvalue weighted by atomic mass is 10.3. The molecule has 112 valence electrons. The first-order valence-corrected chi connectivity index (χ1v) is 6.41. The van der Waals surface area contributed by atoms with Gasteiger partial charge >= 0.3 is 6.01 Å². The zero-order valence-corrected chi connectivity index (χ0v) is 12.1. The van der Waals surface area contributed by atoms with Crippen molar-refractivity contribution in [2.75, 3.05) is 17.9 Å². The van der Waals surface area contributed by atoms with Crippen molar-refractivity contribution in [3.05, 3.63) is 24.3 Å². The summed E-state index contributed by atoms with van der Waals surface area (Å²) < 4.78 is 10.6. The van der Waals surface area contributed by atoms with Crippen molar-refractivity contribution in [1.82, 2.24) is 15.0 Å². The molecule has 0 fully saturated rings. The lowest BCUT2D eigenvalue weighted by Crippen LogP contribution is -2.13. The van der Waals surface area contributed by atoms with Gasteiger partial charge in [0.1, 0.15) is 5.75 Å². The number of hydrogen-bond donors (Lipinski definition) is 3. The van der Waals surface area contributed by atoms with E-state index in [9.17, 15) is 0 Å². The third-order valence-electron chi connectivity index (χ3n) is 2.41. The second kappa shape index (κ2) is 6.71. The topological polar surface area (TPSA) is 107 Å². The minimum Gasteiger partial charge on any atom is -0.491 e. The fraction of sp³-hybridized carbons (Fsp3) is 0.308. The van der Waals surface area contributed by atoms with Crippen LogP contribution in [0.3, 0.4) is 0 Å². The van der Waals surface area contributed by atoms with Gasteiger partial charge in [0.15, 0.2) is 0 Å². The van der Waals surface area contributed by atoms with E-state index < -0.39 is 0 Å². The average Bonchev–Trinajstić information content (AvgIpc) is 2.48. The Kier molecular flexibility index (Phi) is 4.72. The summed E-state index contributed by atoms with van der Waals surface area (Å²) in [6.45, 7) is 3.95. The van der Waals surface area contributed by atoms with Crippen LogP contribution in [0.25, 0.3) is 0 Å². The molecule has 8 heteroatoms. The van der Waals surface area contributed by atoms with E-state index in [1.807, 2.05) is 38.1 Å². The minimum absolute atomic E-state index is 0.134.